The van der Waals surface area contributed by atoms with Crippen molar-refractivity contribution < 1.29 is 57.7 Å². The van der Waals surface area contributed by atoms with E-state index in [1.54, 1.807) is 8.90 Å². The van der Waals surface area contributed by atoms with Gasteiger partial charge >= 0.3 is 75.4 Å². The molecule has 0 nitrogen and oxygen atoms in total. The second kappa shape index (κ2) is 7.63. The topological polar surface area (TPSA) is 0 Å². The molecule has 0 spiro atoms. The summed E-state index contributed by atoms with van der Waals surface area (Å²) in [6.07, 6.45) is 0. The minimum atomic E-state index is 0. The first-order valence-electron chi connectivity index (χ1n) is 3.39. The first kappa shape index (κ1) is 19.9. The Hall–Kier alpha value is 1.36. The Morgan fingerprint density at radius 1 is 0.923 bits per heavy atom. The summed E-state index contributed by atoms with van der Waals surface area (Å²) in [4.78, 5) is 0. The summed E-state index contributed by atoms with van der Waals surface area (Å²) in [5.74, 6) is 0. The molecule has 0 amide bonds. The average Bonchev–Trinajstić information content (AvgIpc) is 2.07. The second-order valence-electron chi connectivity index (χ2n) is 2.74. The van der Waals surface area contributed by atoms with Crippen molar-refractivity contribution in [3.05, 3.63) is 16.4 Å². The van der Waals surface area contributed by atoms with Crippen molar-refractivity contribution >= 4 is 11.1 Å². The predicted molar refractivity (Wildman–Crippen MR) is 44.0 cm³/mol. The van der Waals surface area contributed by atoms with E-state index in [2.05, 4.69) is 47.9 Å². The van der Waals surface area contributed by atoms with Crippen LogP contribution in [0.5, 0.6) is 0 Å². The van der Waals surface area contributed by atoms with Crippen molar-refractivity contribution in [2.45, 2.75) is 20.8 Å². The summed E-state index contributed by atoms with van der Waals surface area (Å²) >= 11 is 2.26. The molecule has 0 aliphatic carbocycles. The van der Waals surface area contributed by atoms with E-state index in [1.165, 1.54) is 11.1 Å². The summed E-state index contributed by atoms with van der Waals surface area (Å²) < 4.78 is 1.62. The summed E-state index contributed by atoms with van der Waals surface area (Å²) in [5.41, 5.74) is 3.07. The Labute approximate surface area is 112 Å². The van der Waals surface area contributed by atoms with Crippen molar-refractivity contribution in [3.8, 4) is 0 Å². The quantitative estimate of drug-likeness (QED) is 0.417. The van der Waals surface area contributed by atoms with Gasteiger partial charge in [0.05, 0.1) is 0 Å². The monoisotopic (exact) mass is 292 g/mol. The summed E-state index contributed by atoms with van der Waals surface area (Å²) in [6, 6.07) is 0. The van der Waals surface area contributed by atoms with Gasteiger partial charge in [-0.25, -0.2) is 0 Å². The van der Waals surface area contributed by atoms with Gasteiger partial charge in [0.1, 0.15) is 0 Å². The normalized spacial score (nSPS) is 9.54. The Morgan fingerprint density at radius 3 is 1.38 bits per heavy atom. The van der Waals surface area contributed by atoms with Gasteiger partial charge in [-0.15, -0.1) is 0 Å². The third kappa shape index (κ3) is 3.78. The molecule has 1 aromatic rings. The van der Waals surface area contributed by atoms with Crippen LogP contribution in [0, 0.1) is 20.8 Å². The van der Waals surface area contributed by atoms with Gasteiger partial charge in [0.15, 0.2) is 0 Å². The molecule has 0 saturated carbocycles. The van der Waals surface area contributed by atoms with E-state index >= 15 is 0 Å². The summed E-state index contributed by atoms with van der Waals surface area (Å²) in [5, 5.41) is 1.62. The molecular weight excluding hydrogens is 281 g/mol. The van der Waals surface area contributed by atoms with Crippen LogP contribution in [0.1, 0.15) is 16.4 Å². The molecule has 1 atom stereocenters. The van der Waals surface area contributed by atoms with E-state index in [4.69, 9.17) is 0 Å². The number of hydrogen-bond donors (Lipinski definition) is 0. The fourth-order valence-corrected chi connectivity index (χ4v) is 3.88. The third-order valence-corrected chi connectivity index (χ3v) is 6.80. The van der Waals surface area contributed by atoms with Gasteiger partial charge < -0.3 is 37.2 Å². The number of halogens is 3. The van der Waals surface area contributed by atoms with E-state index < -0.39 is 0 Å². The Kier molecular flexibility index (Phi) is 11.7. The number of hydrogen-bond acceptors (Lipinski definition) is 0. The van der Waals surface area contributed by atoms with Crippen molar-refractivity contribution in [1.82, 2.24) is 0 Å². The van der Waals surface area contributed by atoms with E-state index in [0.717, 1.165) is 0 Å². The van der Waals surface area contributed by atoms with Crippen LogP contribution in [-0.2, 0) is 27.1 Å². The van der Waals surface area contributed by atoms with Crippen molar-refractivity contribution in [3.63, 3.8) is 0 Å². The third-order valence-electron chi connectivity index (χ3n) is 2.30. The Morgan fingerprint density at radius 2 is 1.31 bits per heavy atom. The van der Waals surface area contributed by atoms with Gasteiger partial charge in [0.2, 0.25) is 0 Å². The Bertz CT molecular complexity index is 191. The van der Waals surface area contributed by atoms with Crippen LogP contribution < -0.4 is 40.8 Å². The first-order chi connectivity index (χ1) is 4.55. The van der Waals surface area contributed by atoms with Gasteiger partial charge in [-0.05, 0) is 0 Å². The van der Waals surface area contributed by atoms with E-state index in [0.29, 0.717) is 0 Å². The van der Waals surface area contributed by atoms with Crippen molar-refractivity contribution in [2.75, 3.05) is 0 Å². The molecule has 1 heterocycles. The summed E-state index contributed by atoms with van der Waals surface area (Å²) in [6.45, 7) is 9.08. The van der Waals surface area contributed by atoms with Gasteiger partial charge in [-0.1, -0.05) is 0 Å². The minimum absolute atomic E-state index is 0. The molecular formula is C8H12Cl3PTi. The maximum absolute atomic E-state index is 2.35. The van der Waals surface area contributed by atoms with Crippen LogP contribution in [0.15, 0.2) is 0 Å². The van der Waals surface area contributed by atoms with Crippen LogP contribution in [0.2, 0.25) is 0 Å². The van der Waals surface area contributed by atoms with Crippen LogP contribution in [0.25, 0.3) is 0 Å². The zero-order chi connectivity index (χ0) is 7.89. The average molecular weight is 293 g/mol. The first-order valence-corrected chi connectivity index (χ1v) is 5.96. The van der Waals surface area contributed by atoms with Crippen molar-refractivity contribution in [2.24, 2.45) is 6.66 Å². The van der Waals surface area contributed by atoms with Gasteiger partial charge in [-0.2, -0.15) is 0 Å². The van der Waals surface area contributed by atoms with Gasteiger partial charge in [0.25, 0.3) is 0 Å². The van der Waals surface area contributed by atoms with Crippen LogP contribution in [-0.4, -0.2) is 0 Å². The predicted octanol–water partition coefficient (Wildman–Crippen LogP) is -6.68. The molecule has 1 aromatic heterocycles. The van der Waals surface area contributed by atoms with Crippen molar-refractivity contribution in [1.29, 1.82) is 0 Å². The fourth-order valence-electron chi connectivity index (χ4n) is 1.12. The molecule has 0 radical (unpaired) electrons. The molecule has 0 aliphatic heterocycles. The molecule has 0 aromatic carbocycles. The van der Waals surface area contributed by atoms with Crippen LogP contribution in [0.4, 0.5) is 0 Å². The van der Waals surface area contributed by atoms with Crippen LogP contribution in [0.3, 0.4) is 0 Å². The summed E-state index contributed by atoms with van der Waals surface area (Å²) in [7, 11) is 0.0931. The smallest absolute Gasteiger partial charge is 1.00 e. The molecule has 74 valence electrons. The SMILES string of the molecule is Cc1c(C)[c]([Ti+3])p(C)c1C.[Cl-].[Cl-].[Cl-]. The van der Waals surface area contributed by atoms with Gasteiger partial charge in [-0.3, -0.25) is 0 Å². The second-order valence-corrected chi connectivity index (χ2v) is 6.42. The van der Waals surface area contributed by atoms with Crippen LogP contribution >= 0.6 is 7.53 Å². The van der Waals surface area contributed by atoms with E-state index in [9.17, 15) is 0 Å². The zero-order valence-electron chi connectivity index (χ0n) is 8.08. The van der Waals surface area contributed by atoms with E-state index in [-0.39, 0.29) is 44.8 Å². The zero-order valence-corrected chi connectivity index (χ0v) is 12.8. The molecule has 0 N–H and O–H groups in total. The molecule has 0 bridgehead atoms. The minimum Gasteiger partial charge on any atom is -1.00 e. The fraction of sp³-hybridized carbons (Fsp3) is 0.500. The standard InChI is InChI=1S/C8H12P.3ClH.Ti/c1-6-5-9(4)8(3)7(6)2;;;;/h1-4H3;3*1H;/q;;;;+3/p-3. The molecule has 1 unspecified atom stereocenters. The largest absolute Gasteiger partial charge is 1.00 e. The molecule has 0 saturated heterocycles. The van der Waals surface area contributed by atoms with Gasteiger partial charge in [0, 0.05) is 0 Å². The number of rotatable bonds is 0. The maximum Gasteiger partial charge on any atom is -1.00 e. The Balaban J connectivity index is -0.000000333. The maximum atomic E-state index is 2.35. The molecule has 1 rings (SSSR count). The molecule has 0 fully saturated rings. The van der Waals surface area contributed by atoms with E-state index in [1.807, 2.05) is 0 Å². The molecule has 13 heavy (non-hydrogen) atoms. The molecule has 0 aliphatic rings. The molecule has 5 heteroatoms.